The number of aryl methyl sites for hydroxylation is 5. The van der Waals surface area contributed by atoms with E-state index in [9.17, 15) is 9.59 Å². The highest BCUT2D eigenvalue weighted by Gasteiger charge is 2.16. The lowest BCUT2D eigenvalue weighted by Crippen LogP contribution is -2.39. The minimum Gasteiger partial charge on any atom is -0.328 e. The molecule has 4 aromatic rings. The number of thiophene rings is 1. The monoisotopic (exact) mass is 430 g/mol. The van der Waals surface area contributed by atoms with Crippen molar-refractivity contribution in [2.24, 2.45) is 14.1 Å². The molecule has 0 fully saturated rings. The van der Waals surface area contributed by atoms with Gasteiger partial charge < -0.3 is 4.57 Å². The number of thioether (sulfide) groups is 1. The summed E-state index contributed by atoms with van der Waals surface area (Å²) in [6.07, 6.45) is 2.23. The molecule has 0 saturated heterocycles. The minimum absolute atomic E-state index is 0.294. The molecule has 4 rings (SSSR count). The summed E-state index contributed by atoms with van der Waals surface area (Å²) in [5.41, 5.74) is 1.44. The molecule has 10 heteroatoms. The third kappa shape index (κ3) is 3.29. The lowest BCUT2D eigenvalue weighted by molar-refractivity contribution is 0.594. The van der Waals surface area contributed by atoms with E-state index in [1.54, 1.807) is 48.1 Å². The highest BCUT2D eigenvalue weighted by molar-refractivity contribution is 7.99. The number of hydrogen-bond acceptors (Lipinski definition) is 7. The Bertz CT molecular complexity index is 1360. The van der Waals surface area contributed by atoms with Crippen LogP contribution in [0.15, 0.2) is 20.9 Å². The Kier molecular flexibility index (Phi) is 5.07. The van der Waals surface area contributed by atoms with Gasteiger partial charge in [-0.2, -0.15) is 0 Å². The van der Waals surface area contributed by atoms with Gasteiger partial charge in [-0.25, -0.2) is 19.7 Å². The Hall–Kier alpha value is -2.46. The van der Waals surface area contributed by atoms with E-state index in [1.165, 1.54) is 19.6 Å². The van der Waals surface area contributed by atoms with Gasteiger partial charge >= 0.3 is 5.69 Å². The van der Waals surface area contributed by atoms with Gasteiger partial charge in [0.15, 0.2) is 11.2 Å². The number of rotatable bonds is 5. The van der Waals surface area contributed by atoms with Crippen molar-refractivity contribution < 1.29 is 0 Å². The molecule has 4 heterocycles. The second-order valence-electron chi connectivity index (χ2n) is 7.07. The highest BCUT2D eigenvalue weighted by atomic mass is 32.2. The molecule has 0 aliphatic carbocycles. The molecule has 0 unspecified atom stereocenters. The summed E-state index contributed by atoms with van der Waals surface area (Å²) in [6.45, 7) is 6.46. The van der Waals surface area contributed by atoms with Gasteiger partial charge in [0.2, 0.25) is 0 Å². The summed E-state index contributed by atoms with van der Waals surface area (Å²) < 4.78 is 4.38. The summed E-state index contributed by atoms with van der Waals surface area (Å²) in [7, 11) is 3.40. The third-order valence-electron chi connectivity index (χ3n) is 5.07. The molecule has 0 saturated carbocycles. The molecule has 0 aliphatic heterocycles. The molecule has 0 radical (unpaired) electrons. The van der Waals surface area contributed by atoms with E-state index in [4.69, 9.17) is 0 Å². The molecule has 0 atom stereocenters. The van der Waals surface area contributed by atoms with Crippen LogP contribution < -0.4 is 11.2 Å². The molecule has 0 aliphatic rings. The van der Waals surface area contributed by atoms with Crippen LogP contribution in [0.5, 0.6) is 0 Å². The van der Waals surface area contributed by atoms with Crippen molar-refractivity contribution in [3.8, 4) is 0 Å². The van der Waals surface area contributed by atoms with E-state index in [1.807, 2.05) is 6.92 Å². The maximum atomic E-state index is 12.8. The summed E-state index contributed by atoms with van der Waals surface area (Å²) in [4.78, 5) is 41.0. The third-order valence-corrected chi connectivity index (χ3v) is 7.24. The lowest BCUT2D eigenvalue weighted by atomic mass is 10.2. The average Bonchev–Trinajstić information content (AvgIpc) is 3.19. The second-order valence-corrected chi connectivity index (χ2v) is 9.35. The fourth-order valence-electron chi connectivity index (χ4n) is 3.40. The van der Waals surface area contributed by atoms with Gasteiger partial charge in [0.1, 0.15) is 15.7 Å². The number of nitrogens with zero attached hydrogens (tertiary/aromatic N) is 6. The molecule has 0 N–H and O–H groups in total. The van der Waals surface area contributed by atoms with Crippen molar-refractivity contribution in [1.82, 2.24) is 28.7 Å². The first-order valence-corrected chi connectivity index (χ1v) is 11.1. The van der Waals surface area contributed by atoms with Gasteiger partial charge in [0, 0.05) is 36.7 Å². The Morgan fingerprint density at radius 2 is 1.90 bits per heavy atom. The molecular weight excluding hydrogens is 408 g/mol. The highest BCUT2D eigenvalue weighted by Crippen LogP contribution is 2.35. The van der Waals surface area contributed by atoms with Gasteiger partial charge in [0.05, 0.1) is 6.33 Å². The average molecular weight is 431 g/mol. The summed E-state index contributed by atoms with van der Waals surface area (Å²) in [6, 6.07) is 0. The predicted molar refractivity (Wildman–Crippen MR) is 117 cm³/mol. The molecule has 8 nitrogen and oxygen atoms in total. The Balaban J connectivity index is 1.57. The van der Waals surface area contributed by atoms with Crippen LogP contribution in [0.1, 0.15) is 22.7 Å². The van der Waals surface area contributed by atoms with E-state index < -0.39 is 0 Å². The van der Waals surface area contributed by atoms with Crippen LogP contribution in [-0.4, -0.2) is 34.4 Å². The summed E-state index contributed by atoms with van der Waals surface area (Å²) in [5.74, 6) is 1.51. The van der Waals surface area contributed by atoms with Crippen molar-refractivity contribution in [3.63, 3.8) is 0 Å². The van der Waals surface area contributed by atoms with Crippen LogP contribution >= 0.6 is 23.1 Å². The van der Waals surface area contributed by atoms with Crippen molar-refractivity contribution in [1.29, 1.82) is 0 Å². The van der Waals surface area contributed by atoms with Crippen molar-refractivity contribution >= 4 is 44.5 Å². The first kappa shape index (κ1) is 19.8. The molecule has 0 bridgehead atoms. The van der Waals surface area contributed by atoms with Crippen LogP contribution in [0.2, 0.25) is 0 Å². The number of fused-ring (bicyclic) bond motifs is 2. The van der Waals surface area contributed by atoms with Crippen LogP contribution in [0.25, 0.3) is 21.4 Å². The van der Waals surface area contributed by atoms with Crippen molar-refractivity contribution in [2.45, 2.75) is 38.8 Å². The molecule has 152 valence electrons. The van der Waals surface area contributed by atoms with E-state index in [0.29, 0.717) is 24.1 Å². The van der Waals surface area contributed by atoms with E-state index in [2.05, 4.69) is 28.8 Å². The van der Waals surface area contributed by atoms with Crippen LogP contribution in [0.3, 0.4) is 0 Å². The van der Waals surface area contributed by atoms with E-state index >= 15 is 0 Å². The topological polar surface area (TPSA) is 87.6 Å². The lowest BCUT2D eigenvalue weighted by Gasteiger charge is -2.09. The van der Waals surface area contributed by atoms with E-state index in [0.717, 1.165) is 26.8 Å². The van der Waals surface area contributed by atoms with Gasteiger partial charge in [-0.1, -0.05) is 0 Å². The van der Waals surface area contributed by atoms with E-state index in [-0.39, 0.29) is 11.2 Å². The maximum absolute atomic E-state index is 12.8. The summed E-state index contributed by atoms with van der Waals surface area (Å²) >= 11 is 3.34. The summed E-state index contributed by atoms with van der Waals surface area (Å²) in [5, 5.41) is 2.09. The van der Waals surface area contributed by atoms with Gasteiger partial charge in [-0.3, -0.25) is 13.9 Å². The number of hydrogen-bond donors (Lipinski definition) is 0. The molecule has 4 aromatic heterocycles. The molecule has 0 amide bonds. The number of aromatic nitrogens is 6. The zero-order valence-corrected chi connectivity index (χ0v) is 18.6. The van der Waals surface area contributed by atoms with Gasteiger partial charge in [-0.15, -0.1) is 23.1 Å². The second kappa shape index (κ2) is 7.42. The van der Waals surface area contributed by atoms with Gasteiger partial charge in [0.25, 0.3) is 5.56 Å². The Morgan fingerprint density at radius 1 is 1.14 bits per heavy atom. The standard InChI is InChI=1S/C19H22N6O2S2/c1-10-11(2)29-17-13(10)16(21-12(3)22-17)28-8-6-7-25-18(26)14-15(20-9-23(14)4)24(5)19(25)27/h9H,6-8H2,1-5H3. The first-order chi connectivity index (χ1) is 13.8. The largest absolute Gasteiger partial charge is 0.332 e. The van der Waals surface area contributed by atoms with Crippen LogP contribution in [-0.2, 0) is 20.6 Å². The van der Waals surface area contributed by atoms with Gasteiger partial charge in [-0.05, 0) is 32.8 Å². The zero-order chi connectivity index (χ0) is 20.9. The predicted octanol–water partition coefficient (Wildman–Crippen LogP) is 2.55. The normalized spacial score (nSPS) is 11.8. The fourth-order valence-corrected chi connectivity index (χ4v) is 5.60. The molecule has 0 spiro atoms. The molecule has 29 heavy (non-hydrogen) atoms. The minimum atomic E-state index is -0.337. The zero-order valence-electron chi connectivity index (χ0n) is 17.0. The fraction of sp³-hybridized carbons (Fsp3) is 0.421. The van der Waals surface area contributed by atoms with Crippen molar-refractivity contribution in [3.05, 3.63) is 43.4 Å². The van der Waals surface area contributed by atoms with Crippen molar-refractivity contribution in [2.75, 3.05) is 5.75 Å². The Morgan fingerprint density at radius 3 is 2.66 bits per heavy atom. The quantitative estimate of drug-likeness (QED) is 0.275. The molecular formula is C19H22N6O2S2. The smallest absolute Gasteiger partial charge is 0.328 e. The molecule has 0 aromatic carbocycles. The van der Waals surface area contributed by atoms with Crippen LogP contribution in [0, 0.1) is 20.8 Å². The maximum Gasteiger partial charge on any atom is 0.332 e. The Labute approximate surface area is 175 Å². The SMILES string of the molecule is Cc1nc(SCCCn2c(=O)c3c(ncn3C)n(C)c2=O)c2c(C)c(C)sc2n1. The first-order valence-electron chi connectivity index (χ1n) is 9.27. The van der Waals surface area contributed by atoms with Crippen LogP contribution in [0.4, 0.5) is 0 Å². The number of imidazole rings is 1.